The Morgan fingerprint density at radius 3 is 2.42 bits per heavy atom. The van der Waals surface area contributed by atoms with Crippen LogP contribution < -0.4 is 4.74 Å². The van der Waals surface area contributed by atoms with Crippen molar-refractivity contribution in [2.45, 2.75) is 12.8 Å². The molecular weight excluding hydrogens is 300 g/mol. The number of hydrogen-bond donors (Lipinski definition) is 0. The van der Waals surface area contributed by atoms with E-state index in [9.17, 15) is 4.79 Å². The summed E-state index contributed by atoms with van der Waals surface area (Å²) in [5, 5.41) is 0. The third-order valence-electron chi connectivity index (χ3n) is 5.91. The Balaban J connectivity index is 1.29. The molecule has 1 saturated carbocycles. The second kappa shape index (κ2) is 6.60. The maximum atomic E-state index is 12.6. The highest BCUT2D eigenvalue weighted by Crippen LogP contribution is 2.43. The maximum absolute atomic E-state index is 12.6. The lowest BCUT2D eigenvalue weighted by Gasteiger charge is -2.37. The van der Waals surface area contributed by atoms with Crippen LogP contribution in [0.15, 0.2) is 36.4 Å². The normalized spacial score (nSPS) is 29.2. The van der Waals surface area contributed by atoms with Crippen LogP contribution in [0.2, 0.25) is 0 Å². The zero-order valence-electron chi connectivity index (χ0n) is 14.4. The van der Waals surface area contributed by atoms with Gasteiger partial charge in [0.15, 0.2) is 0 Å². The number of nitrogens with zero attached hydrogens (tertiary/aromatic N) is 2. The van der Waals surface area contributed by atoms with Crippen LogP contribution >= 0.6 is 0 Å². The first kappa shape index (κ1) is 15.7. The lowest BCUT2D eigenvalue weighted by Crippen LogP contribution is -2.50. The number of carbonyl (C=O) groups excluding carboxylic acids is 1. The van der Waals surface area contributed by atoms with Crippen molar-refractivity contribution in [2.24, 2.45) is 17.8 Å². The van der Waals surface area contributed by atoms with Crippen molar-refractivity contribution in [1.82, 2.24) is 9.80 Å². The molecule has 0 N–H and O–H groups in total. The third kappa shape index (κ3) is 3.07. The van der Waals surface area contributed by atoms with E-state index in [4.69, 9.17) is 4.74 Å². The van der Waals surface area contributed by atoms with Gasteiger partial charge in [-0.25, -0.2) is 0 Å². The molecule has 0 radical (unpaired) electrons. The Morgan fingerprint density at radius 2 is 1.83 bits per heavy atom. The van der Waals surface area contributed by atoms with Crippen molar-refractivity contribution < 1.29 is 9.53 Å². The monoisotopic (exact) mass is 326 g/mol. The number of rotatable bonds is 4. The Labute approximate surface area is 144 Å². The number of ether oxygens (including phenoxy) is 1. The van der Waals surface area contributed by atoms with E-state index in [1.165, 1.54) is 19.4 Å². The highest BCUT2D eigenvalue weighted by atomic mass is 16.5. The number of carbonyl (C=O) groups is 1. The van der Waals surface area contributed by atoms with Crippen molar-refractivity contribution in [3.63, 3.8) is 0 Å². The van der Waals surface area contributed by atoms with Gasteiger partial charge in [-0.1, -0.05) is 12.2 Å². The van der Waals surface area contributed by atoms with Gasteiger partial charge in [0, 0.05) is 38.3 Å². The number of allylic oxidation sites excluding steroid dienone is 2. The highest BCUT2D eigenvalue weighted by Gasteiger charge is 2.36. The number of fused-ring (bicyclic) bond motifs is 2. The molecule has 0 spiro atoms. The van der Waals surface area contributed by atoms with Crippen LogP contribution in [0.1, 0.15) is 23.2 Å². The minimum absolute atomic E-state index is 0.139. The summed E-state index contributed by atoms with van der Waals surface area (Å²) in [6.07, 6.45) is 7.58. The van der Waals surface area contributed by atoms with Gasteiger partial charge in [0.2, 0.25) is 0 Å². The second-order valence-corrected chi connectivity index (χ2v) is 7.36. The minimum Gasteiger partial charge on any atom is -0.497 e. The molecule has 4 heteroatoms. The Morgan fingerprint density at radius 1 is 1.08 bits per heavy atom. The highest BCUT2D eigenvalue weighted by molar-refractivity contribution is 5.94. The maximum Gasteiger partial charge on any atom is 0.253 e. The van der Waals surface area contributed by atoms with Gasteiger partial charge < -0.3 is 9.64 Å². The van der Waals surface area contributed by atoms with E-state index in [-0.39, 0.29) is 5.91 Å². The van der Waals surface area contributed by atoms with Crippen molar-refractivity contribution in [3.8, 4) is 5.75 Å². The molecule has 1 saturated heterocycles. The molecule has 128 valence electrons. The van der Waals surface area contributed by atoms with Gasteiger partial charge >= 0.3 is 0 Å². The molecule has 2 bridgehead atoms. The van der Waals surface area contributed by atoms with Gasteiger partial charge in [0.05, 0.1) is 7.11 Å². The van der Waals surface area contributed by atoms with Crippen LogP contribution in [0, 0.1) is 17.8 Å². The van der Waals surface area contributed by atoms with E-state index in [2.05, 4.69) is 17.1 Å². The van der Waals surface area contributed by atoms with E-state index in [1.54, 1.807) is 7.11 Å². The van der Waals surface area contributed by atoms with E-state index >= 15 is 0 Å². The van der Waals surface area contributed by atoms with Crippen molar-refractivity contribution in [1.29, 1.82) is 0 Å². The molecule has 0 aromatic heterocycles. The first-order chi connectivity index (χ1) is 11.7. The van der Waals surface area contributed by atoms with E-state index in [0.29, 0.717) is 0 Å². The predicted molar refractivity (Wildman–Crippen MR) is 94.2 cm³/mol. The van der Waals surface area contributed by atoms with Crippen LogP contribution in [-0.2, 0) is 0 Å². The Kier molecular flexibility index (Phi) is 4.31. The number of benzene rings is 1. The fourth-order valence-electron chi connectivity index (χ4n) is 4.49. The smallest absolute Gasteiger partial charge is 0.253 e. The fraction of sp³-hybridized carbons (Fsp3) is 0.550. The molecule has 1 aromatic carbocycles. The summed E-state index contributed by atoms with van der Waals surface area (Å²) in [7, 11) is 1.64. The van der Waals surface area contributed by atoms with Gasteiger partial charge in [0.25, 0.3) is 5.91 Å². The molecule has 3 atom stereocenters. The number of methoxy groups -OCH3 is 1. The molecule has 4 nitrogen and oxygen atoms in total. The summed E-state index contributed by atoms with van der Waals surface area (Å²) in [5.74, 6) is 3.42. The molecule has 1 heterocycles. The molecule has 2 aliphatic carbocycles. The molecule has 1 aromatic rings. The zero-order valence-corrected chi connectivity index (χ0v) is 14.4. The summed E-state index contributed by atoms with van der Waals surface area (Å²) in [6.45, 7) is 4.87. The fourth-order valence-corrected chi connectivity index (χ4v) is 4.49. The van der Waals surface area contributed by atoms with Crippen LogP contribution in [0.25, 0.3) is 0 Å². The molecule has 2 fully saturated rings. The lowest BCUT2D eigenvalue weighted by atomic mass is 9.93. The largest absolute Gasteiger partial charge is 0.497 e. The van der Waals surface area contributed by atoms with Gasteiger partial charge in [-0.3, -0.25) is 9.69 Å². The van der Waals surface area contributed by atoms with Crippen LogP contribution in [-0.4, -0.2) is 55.5 Å². The number of hydrogen-bond acceptors (Lipinski definition) is 3. The summed E-state index contributed by atoms with van der Waals surface area (Å²) >= 11 is 0. The summed E-state index contributed by atoms with van der Waals surface area (Å²) in [5.41, 5.74) is 0.752. The van der Waals surface area contributed by atoms with Crippen molar-refractivity contribution in [3.05, 3.63) is 42.0 Å². The molecule has 1 aliphatic heterocycles. The number of piperazine rings is 1. The van der Waals surface area contributed by atoms with Crippen molar-refractivity contribution in [2.75, 3.05) is 39.8 Å². The van der Waals surface area contributed by atoms with Crippen LogP contribution in [0.3, 0.4) is 0 Å². The van der Waals surface area contributed by atoms with Crippen molar-refractivity contribution >= 4 is 5.91 Å². The second-order valence-electron chi connectivity index (χ2n) is 7.36. The standard InChI is InChI=1S/C20H26N2O2/c1-24-19-6-4-16(5-7-19)20(23)22-10-8-21(9-11-22)14-18-13-15-2-3-17(18)12-15/h2-7,15,17-18H,8-14H2,1H3. The molecule has 4 rings (SSSR count). The van der Waals surface area contributed by atoms with Crippen LogP contribution in [0.5, 0.6) is 5.75 Å². The van der Waals surface area contributed by atoms with E-state index in [1.807, 2.05) is 29.2 Å². The SMILES string of the molecule is COc1ccc(C(=O)N2CCN(CC3CC4C=CC3C4)CC2)cc1. The molecule has 3 unspecified atom stereocenters. The summed E-state index contributed by atoms with van der Waals surface area (Å²) < 4.78 is 5.16. The molecule has 1 amide bonds. The van der Waals surface area contributed by atoms with Gasteiger partial charge in [-0.05, 0) is 54.9 Å². The lowest BCUT2D eigenvalue weighted by molar-refractivity contribution is 0.0610. The molecule has 3 aliphatic rings. The summed E-state index contributed by atoms with van der Waals surface area (Å²) in [4.78, 5) is 17.1. The average Bonchev–Trinajstić information content (AvgIpc) is 3.25. The minimum atomic E-state index is 0.139. The van der Waals surface area contributed by atoms with Crippen LogP contribution in [0.4, 0.5) is 0 Å². The zero-order chi connectivity index (χ0) is 16.5. The Bertz CT molecular complexity index is 617. The molecule has 24 heavy (non-hydrogen) atoms. The van der Waals surface area contributed by atoms with Gasteiger partial charge in [-0.2, -0.15) is 0 Å². The Hall–Kier alpha value is -1.81. The first-order valence-electron chi connectivity index (χ1n) is 9.07. The third-order valence-corrected chi connectivity index (χ3v) is 5.91. The van der Waals surface area contributed by atoms with Gasteiger partial charge in [-0.15, -0.1) is 0 Å². The average molecular weight is 326 g/mol. The molecular formula is C20H26N2O2. The quantitative estimate of drug-likeness (QED) is 0.798. The topological polar surface area (TPSA) is 32.8 Å². The number of amides is 1. The predicted octanol–water partition coefficient (Wildman–Crippen LogP) is 2.67. The van der Waals surface area contributed by atoms with E-state index < -0.39 is 0 Å². The van der Waals surface area contributed by atoms with Gasteiger partial charge in [0.1, 0.15) is 5.75 Å². The summed E-state index contributed by atoms with van der Waals surface area (Å²) in [6, 6.07) is 7.42. The van der Waals surface area contributed by atoms with E-state index in [0.717, 1.165) is 55.2 Å². The first-order valence-corrected chi connectivity index (χ1v) is 9.07.